The second-order valence-electron chi connectivity index (χ2n) is 2.46. The Balaban J connectivity index is 3.41. The minimum absolute atomic E-state index is 0.141. The minimum Gasteiger partial charge on any atom is -0.479 e. The Kier molecular flexibility index (Phi) is 6.64. The van der Waals surface area contributed by atoms with E-state index < -0.39 is 18.6 Å². The number of urea groups is 1. The zero-order chi connectivity index (χ0) is 11.7. The van der Waals surface area contributed by atoms with Crippen molar-refractivity contribution in [3.05, 3.63) is 0 Å². The number of carbonyl (C=O) groups is 3. The predicted octanol–water partition coefficient (Wildman–Crippen LogP) is -1.56. The molecule has 0 saturated carbocycles. The zero-order valence-corrected chi connectivity index (χ0v) is 8.20. The first-order chi connectivity index (χ1) is 7.06. The molecule has 0 heterocycles. The second kappa shape index (κ2) is 7.56. The van der Waals surface area contributed by atoms with Crippen molar-refractivity contribution in [1.82, 2.24) is 16.1 Å². The summed E-state index contributed by atoms with van der Waals surface area (Å²) < 4.78 is 0. The molecule has 8 nitrogen and oxygen atoms in total. The summed E-state index contributed by atoms with van der Waals surface area (Å²) in [7, 11) is 1.48. The maximum atomic E-state index is 10.8. The first-order valence-electron chi connectivity index (χ1n) is 4.14. The van der Waals surface area contributed by atoms with Crippen LogP contribution in [0.2, 0.25) is 0 Å². The fourth-order valence-electron chi connectivity index (χ4n) is 0.614. The molecular formula is C7H13N3O5. The van der Waals surface area contributed by atoms with E-state index >= 15 is 0 Å². The minimum atomic E-state index is -1.19. The van der Waals surface area contributed by atoms with Crippen LogP contribution < -0.4 is 16.1 Å². The van der Waals surface area contributed by atoms with E-state index in [0.717, 1.165) is 0 Å². The van der Waals surface area contributed by atoms with Gasteiger partial charge in [0.2, 0.25) is 5.91 Å². The van der Waals surface area contributed by atoms with Gasteiger partial charge in [-0.15, -0.1) is 0 Å². The van der Waals surface area contributed by atoms with Crippen LogP contribution in [0.4, 0.5) is 4.79 Å². The van der Waals surface area contributed by atoms with Crippen molar-refractivity contribution in [2.24, 2.45) is 0 Å². The SMILES string of the molecule is CNC(=O)CCNC(=O)NOCC(=O)O. The number of rotatable bonds is 6. The number of aliphatic carboxylic acids is 1. The molecule has 4 N–H and O–H groups in total. The van der Waals surface area contributed by atoms with E-state index in [-0.39, 0.29) is 18.9 Å². The Bertz CT molecular complexity index is 243. The number of carbonyl (C=O) groups excluding carboxylic acids is 2. The van der Waals surface area contributed by atoms with Crippen molar-refractivity contribution in [3.8, 4) is 0 Å². The summed E-state index contributed by atoms with van der Waals surface area (Å²) >= 11 is 0. The monoisotopic (exact) mass is 219 g/mol. The Morgan fingerprint density at radius 2 is 2.00 bits per heavy atom. The van der Waals surface area contributed by atoms with Gasteiger partial charge in [-0.2, -0.15) is 0 Å². The number of amides is 3. The van der Waals surface area contributed by atoms with Gasteiger partial charge in [-0.1, -0.05) is 0 Å². The number of nitrogens with one attached hydrogen (secondary N) is 3. The highest BCUT2D eigenvalue weighted by Gasteiger charge is 2.03. The highest BCUT2D eigenvalue weighted by Crippen LogP contribution is 1.76. The molecule has 0 radical (unpaired) electrons. The van der Waals surface area contributed by atoms with Gasteiger partial charge >= 0.3 is 12.0 Å². The Morgan fingerprint density at radius 3 is 2.53 bits per heavy atom. The lowest BCUT2D eigenvalue weighted by Gasteiger charge is -2.05. The van der Waals surface area contributed by atoms with Crippen LogP contribution in [-0.4, -0.2) is 43.2 Å². The van der Waals surface area contributed by atoms with E-state index in [1.807, 2.05) is 5.48 Å². The van der Waals surface area contributed by atoms with Crippen LogP contribution in [0.3, 0.4) is 0 Å². The van der Waals surface area contributed by atoms with E-state index in [9.17, 15) is 14.4 Å². The predicted molar refractivity (Wildman–Crippen MR) is 48.8 cm³/mol. The molecule has 0 unspecified atom stereocenters. The van der Waals surface area contributed by atoms with E-state index in [1.165, 1.54) is 7.05 Å². The summed E-state index contributed by atoms with van der Waals surface area (Å²) in [5, 5.41) is 12.8. The number of hydroxylamine groups is 1. The molecule has 0 rings (SSSR count). The van der Waals surface area contributed by atoms with Crippen LogP contribution in [0.1, 0.15) is 6.42 Å². The average molecular weight is 219 g/mol. The fourth-order valence-corrected chi connectivity index (χ4v) is 0.614. The van der Waals surface area contributed by atoms with Crippen LogP contribution in [0.5, 0.6) is 0 Å². The Labute approximate surface area is 85.9 Å². The molecule has 0 aromatic heterocycles. The molecule has 86 valence electrons. The number of carboxylic acids is 1. The molecule has 0 aromatic rings. The summed E-state index contributed by atoms with van der Waals surface area (Å²) in [6.07, 6.45) is 0.142. The molecule has 0 atom stereocenters. The largest absolute Gasteiger partial charge is 0.479 e. The summed E-state index contributed by atoms with van der Waals surface area (Å²) in [4.78, 5) is 35.8. The van der Waals surface area contributed by atoms with E-state index in [4.69, 9.17) is 5.11 Å². The molecule has 0 aliphatic heterocycles. The van der Waals surface area contributed by atoms with Crippen molar-refractivity contribution in [2.45, 2.75) is 6.42 Å². The van der Waals surface area contributed by atoms with Gasteiger partial charge in [-0.05, 0) is 0 Å². The van der Waals surface area contributed by atoms with Crippen LogP contribution in [0.15, 0.2) is 0 Å². The fraction of sp³-hybridized carbons (Fsp3) is 0.571. The summed E-state index contributed by atoms with van der Waals surface area (Å²) in [5.74, 6) is -1.40. The molecule has 0 fully saturated rings. The summed E-state index contributed by atoms with van der Waals surface area (Å²) in [6, 6.07) is -0.694. The maximum absolute atomic E-state index is 10.8. The van der Waals surface area contributed by atoms with Gasteiger partial charge in [-0.25, -0.2) is 15.1 Å². The topological polar surface area (TPSA) is 117 Å². The van der Waals surface area contributed by atoms with Crippen molar-refractivity contribution in [2.75, 3.05) is 20.2 Å². The average Bonchev–Trinajstić information content (AvgIpc) is 2.17. The van der Waals surface area contributed by atoms with Gasteiger partial charge in [0, 0.05) is 20.0 Å². The van der Waals surface area contributed by atoms with E-state index in [0.29, 0.717) is 0 Å². The van der Waals surface area contributed by atoms with Crippen molar-refractivity contribution >= 4 is 17.9 Å². The van der Waals surface area contributed by atoms with Gasteiger partial charge in [-0.3, -0.25) is 9.63 Å². The normalized spacial score (nSPS) is 9.13. The van der Waals surface area contributed by atoms with Gasteiger partial charge in [0.15, 0.2) is 6.61 Å². The van der Waals surface area contributed by atoms with Gasteiger partial charge in [0.05, 0.1) is 0 Å². The van der Waals surface area contributed by atoms with Gasteiger partial charge < -0.3 is 15.7 Å². The second-order valence-corrected chi connectivity index (χ2v) is 2.46. The quantitative estimate of drug-likeness (QED) is 0.403. The first kappa shape index (κ1) is 13.2. The molecule has 15 heavy (non-hydrogen) atoms. The lowest BCUT2D eigenvalue weighted by molar-refractivity contribution is -0.144. The third-order valence-electron chi connectivity index (χ3n) is 1.28. The standard InChI is InChI=1S/C7H13N3O5/c1-8-5(11)2-3-9-7(14)10-15-4-6(12)13/h2-4H2,1H3,(H,8,11)(H,12,13)(H2,9,10,14). The Hall–Kier alpha value is -1.83. The first-order valence-corrected chi connectivity index (χ1v) is 4.14. The van der Waals surface area contributed by atoms with Gasteiger partial charge in [0.1, 0.15) is 0 Å². The smallest absolute Gasteiger partial charge is 0.338 e. The lowest BCUT2D eigenvalue weighted by Crippen LogP contribution is -2.38. The molecule has 0 saturated heterocycles. The maximum Gasteiger partial charge on any atom is 0.338 e. The molecular weight excluding hydrogens is 206 g/mol. The van der Waals surface area contributed by atoms with E-state index in [1.54, 1.807) is 0 Å². The summed E-state index contributed by atoms with van der Waals surface area (Å²) in [6.45, 7) is -0.481. The van der Waals surface area contributed by atoms with Crippen LogP contribution in [0.25, 0.3) is 0 Å². The van der Waals surface area contributed by atoms with Crippen LogP contribution in [0, 0.1) is 0 Å². The number of carboxylic acid groups (broad SMARTS) is 1. The van der Waals surface area contributed by atoms with E-state index in [2.05, 4.69) is 15.5 Å². The third kappa shape index (κ3) is 8.50. The van der Waals surface area contributed by atoms with Crippen molar-refractivity contribution in [1.29, 1.82) is 0 Å². The highest BCUT2D eigenvalue weighted by atomic mass is 16.7. The van der Waals surface area contributed by atoms with Gasteiger partial charge in [0.25, 0.3) is 0 Å². The number of hydrogen-bond acceptors (Lipinski definition) is 4. The highest BCUT2D eigenvalue weighted by molar-refractivity contribution is 5.77. The Morgan fingerprint density at radius 1 is 1.33 bits per heavy atom. The third-order valence-corrected chi connectivity index (χ3v) is 1.28. The van der Waals surface area contributed by atoms with Crippen molar-refractivity contribution < 1.29 is 24.3 Å². The molecule has 0 aliphatic carbocycles. The molecule has 0 aromatic carbocycles. The van der Waals surface area contributed by atoms with Crippen molar-refractivity contribution in [3.63, 3.8) is 0 Å². The number of hydrogen-bond donors (Lipinski definition) is 4. The van der Waals surface area contributed by atoms with Crippen LogP contribution >= 0.6 is 0 Å². The molecule has 3 amide bonds. The molecule has 0 bridgehead atoms. The molecule has 0 aliphatic rings. The summed E-state index contributed by atoms with van der Waals surface area (Å²) in [5.41, 5.74) is 1.84. The zero-order valence-electron chi connectivity index (χ0n) is 8.20. The molecule has 8 heteroatoms. The lowest BCUT2D eigenvalue weighted by atomic mass is 10.4. The van der Waals surface area contributed by atoms with Crippen LogP contribution in [-0.2, 0) is 14.4 Å². The molecule has 0 spiro atoms.